The zero-order valence-electron chi connectivity index (χ0n) is 16.4. The van der Waals surface area contributed by atoms with Crippen molar-refractivity contribution in [2.24, 2.45) is 0 Å². The molecule has 0 aliphatic carbocycles. The second-order valence-electron chi connectivity index (χ2n) is 7.42. The summed E-state index contributed by atoms with van der Waals surface area (Å²) in [6.45, 7) is 0.599. The van der Waals surface area contributed by atoms with Crippen molar-refractivity contribution >= 4 is 16.8 Å². The number of carbonyl (C=O) groups is 1. The standard InChI is InChI=1S/C22H20F3N3O3/c23-22(24,25)20-6-5-13(11-26-20)9-14-10-18(27-16-4-2-1-3-15(14)16)21(30)28-17-7-8-31-12-19(17)29/h1-6,10-11,17,19,29H,7-9,12H2,(H,28,30)/t17-,19-/m0/s1. The van der Waals surface area contributed by atoms with Crippen molar-refractivity contribution in [3.63, 3.8) is 0 Å². The third-order valence-electron chi connectivity index (χ3n) is 5.19. The minimum absolute atomic E-state index is 0.155. The number of benzene rings is 1. The molecule has 1 aliphatic heterocycles. The van der Waals surface area contributed by atoms with Gasteiger partial charge in [-0.2, -0.15) is 13.2 Å². The molecule has 31 heavy (non-hydrogen) atoms. The first-order chi connectivity index (χ1) is 14.8. The molecule has 0 unspecified atom stereocenters. The molecular formula is C22H20F3N3O3. The molecule has 0 saturated carbocycles. The molecular weight excluding hydrogens is 411 g/mol. The summed E-state index contributed by atoms with van der Waals surface area (Å²) < 4.78 is 43.5. The summed E-state index contributed by atoms with van der Waals surface area (Å²) >= 11 is 0. The van der Waals surface area contributed by atoms with Gasteiger partial charge < -0.3 is 15.2 Å². The fourth-order valence-corrected chi connectivity index (χ4v) is 3.56. The number of alkyl halides is 3. The predicted molar refractivity (Wildman–Crippen MR) is 106 cm³/mol. The molecule has 1 saturated heterocycles. The summed E-state index contributed by atoms with van der Waals surface area (Å²) in [6, 6.07) is 10.8. The van der Waals surface area contributed by atoms with Crippen molar-refractivity contribution in [2.45, 2.75) is 31.2 Å². The number of amides is 1. The molecule has 162 valence electrons. The Hall–Kier alpha value is -3.04. The summed E-state index contributed by atoms with van der Waals surface area (Å²) in [4.78, 5) is 20.7. The highest BCUT2D eigenvalue weighted by molar-refractivity contribution is 5.96. The first kappa shape index (κ1) is 21.2. The molecule has 3 heterocycles. The Morgan fingerprint density at radius 2 is 2.03 bits per heavy atom. The molecule has 9 heteroatoms. The van der Waals surface area contributed by atoms with E-state index in [2.05, 4.69) is 15.3 Å². The summed E-state index contributed by atoms with van der Waals surface area (Å²) in [6.07, 6.45) is -3.33. The van der Waals surface area contributed by atoms with E-state index in [1.807, 2.05) is 12.1 Å². The Morgan fingerprint density at radius 1 is 1.23 bits per heavy atom. The third kappa shape index (κ3) is 4.83. The average Bonchev–Trinajstić information content (AvgIpc) is 2.75. The first-order valence-corrected chi connectivity index (χ1v) is 9.79. The number of ether oxygens (including phenoxy) is 1. The van der Waals surface area contributed by atoms with E-state index in [0.29, 0.717) is 24.1 Å². The number of carbonyl (C=O) groups excluding carboxylic acids is 1. The Balaban J connectivity index is 1.62. The Kier molecular flexibility index (Phi) is 5.88. The van der Waals surface area contributed by atoms with Crippen molar-refractivity contribution in [1.29, 1.82) is 0 Å². The molecule has 0 bridgehead atoms. The maximum atomic E-state index is 12.8. The number of rotatable bonds is 4. The average molecular weight is 431 g/mol. The number of aliphatic hydroxyl groups excluding tert-OH is 1. The number of halogens is 3. The molecule has 0 spiro atoms. The van der Waals surface area contributed by atoms with E-state index in [0.717, 1.165) is 17.0 Å². The number of fused-ring (bicyclic) bond motifs is 1. The lowest BCUT2D eigenvalue weighted by molar-refractivity contribution is -0.141. The van der Waals surface area contributed by atoms with Gasteiger partial charge in [-0.25, -0.2) is 4.98 Å². The monoisotopic (exact) mass is 431 g/mol. The van der Waals surface area contributed by atoms with Crippen LogP contribution in [-0.4, -0.2) is 46.3 Å². The van der Waals surface area contributed by atoms with Crippen LogP contribution in [0.1, 0.15) is 33.7 Å². The van der Waals surface area contributed by atoms with Crippen LogP contribution in [0, 0.1) is 0 Å². The van der Waals surface area contributed by atoms with Gasteiger partial charge in [0.15, 0.2) is 0 Å². The van der Waals surface area contributed by atoms with Crippen molar-refractivity contribution in [2.75, 3.05) is 13.2 Å². The van der Waals surface area contributed by atoms with Crippen molar-refractivity contribution in [3.8, 4) is 0 Å². The van der Waals surface area contributed by atoms with Gasteiger partial charge in [0.2, 0.25) is 0 Å². The van der Waals surface area contributed by atoms with E-state index < -0.39 is 29.9 Å². The Bertz CT molecular complexity index is 1090. The lowest BCUT2D eigenvalue weighted by atomic mass is 10.0. The SMILES string of the molecule is O=C(N[C@H]1CCOC[C@@H]1O)c1cc(Cc2ccc(C(F)(F)F)nc2)c2ccccc2n1. The maximum absolute atomic E-state index is 12.8. The highest BCUT2D eigenvalue weighted by Gasteiger charge is 2.32. The Labute approximate surface area is 176 Å². The zero-order chi connectivity index (χ0) is 22.0. The number of hydrogen-bond donors (Lipinski definition) is 2. The molecule has 1 aromatic carbocycles. The van der Waals surface area contributed by atoms with Crippen LogP contribution in [0.3, 0.4) is 0 Å². The van der Waals surface area contributed by atoms with Crippen LogP contribution in [0.15, 0.2) is 48.7 Å². The molecule has 3 aromatic rings. The zero-order valence-corrected chi connectivity index (χ0v) is 16.4. The van der Waals surface area contributed by atoms with Crippen LogP contribution in [0.25, 0.3) is 10.9 Å². The van der Waals surface area contributed by atoms with Crippen LogP contribution in [0.2, 0.25) is 0 Å². The number of pyridine rings is 2. The van der Waals surface area contributed by atoms with Gasteiger partial charge in [0.25, 0.3) is 5.91 Å². The Morgan fingerprint density at radius 3 is 2.74 bits per heavy atom. The molecule has 2 atom stereocenters. The summed E-state index contributed by atoms with van der Waals surface area (Å²) in [5, 5.41) is 13.6. The van der Waals surface area contributed by atoms with E-state index in [1.165, 1.54) is 12.3 Å². The minimum atomic E-state index is -4.50. The van der Waals surface area contributed by atoms with Gasteiger partial charge in [0, 0.05) is 18.2 Å². The molecule has 0 radical (unpaired) electrons. The largest absolute Gasteiger partial charge is 0.433 e. The fourth-order valence-electron chi connectivity index (χ4n) is 3.56. The lowest BCUT2D eigenvalue weighted by Gasteiger charge is -2.28. The fraction of sp³-hybridized carbons (Fsp3) is 0.318. The number of hydrogen-bond acceptors (Lipinski definition) is 5. The topological polar surface area (TPSA) is 84.3 Å². The van der Waals surface area contributed by atoms with Gasteiger partial charge in [-0.1, -0.05) is 24.3 Å². The van der Waals surface area contributed by atoms with Crippen LogP contribution < -0.4 is 5.32 Å². The van der Waals surface area contributed by atoms with Gasteiger partial charge in [0.05, 0.1) is 24.3 Å². The molecule has 6 nitrogen and oxygen atoms in total. The van der Waals surface area contributed by atoms with Crippen molar-refractivity contribution < 1.29 is 27.8 Å². The van der Waals surface area contributed by atoms with Crippen molar-refractivity contribution in [3.05, 3.63) is 71.2 Å². The third-order valence-corrected chi connectivity index (χ3v) is 5.19. The van der Waals surface area contributed by atoms with Gasteiger partial charge in [-0.05, 0) is 42.2 Å². The summed E-state index contributed by atoms with van der Waals surface area (Å²) in [5.41, 5.74) is 1.14. The quantitative estimate of drug-likeness (QED) is 0.663. The van der Waals surface area contributed by atoms with Crippen LogP contribution in [0.5, 0.6) is 0 Å². The number of aliphatic hydroxyl groups is 1. The molecule has 1 fully saturated rings. The molecule has 2 N–H and O–H groups in total. The second-order valence-corrected chi connectivity index (χ2v) is 7.42. The summed E-state index contributed by atoms with van der Waals surface area (Å²) in [7, 11) is 0. The first-order valence-electron chi connectivity index (χ1n) is 9.79. The van der Waals surface area contributed by atoms with Crippen LogP contribution in [0.4, 0.5) is 13.2 Å². The van der Waals surface area contributed by atoms with Gasteiger partial charge in [0.1, 0.15) is 11.4 Å². The highest BCUT2D eigenvalue weighted by Crippen LogP contribution is 2.28. The van der Waals surface area contributed by atoms with E-state index >= 15 is 0 Å². The van der Waals surface area contributed by atoms with E-state index in [9.17, 15) is 23.1 Å². The van der Waals surface area contributed by atoms with Gasteiger partial charge >= 0.3 is 6.18 Å². The van der Waals surface area contributed by atoms with Gasteiger partial charge in [-0.3, -0.25) is 9.78 Å². The van der Waals surface area contributed by atoms with Crippen molar-refractivity contribution in [1.82, 2.24) is 15.3 Å². The molecule has 2 aromatic heterocycles. The maximum Gasteiger partial charge on any atom is 0.433 e. The van der Waals surface area contributed by atoms with E-state index in [1.54, 1.807) is 18.2 Å². The second kappa shape index (κ2) is 8.60. The summed E-state index contributed by atoms with van der Waals surface area (Å²) in [5.74, 6) is -0.427. The molecule has 1 aliphatic rings. The van der Waals surface area contributed by atoms with Crippen LogP contribution >= 0.6 is 0 Å². The van der Waals surface area contributed by atoms with Gasteiger partial charge in [-0.15, -0.1) is 0 Å². The highest BCUT2D eigenvalue weighted by atomic mass is 19.4. The predicted octanol–water partition coefficient (Wildman–Crippen LogP) is 3.12. The van der Waals surface area contributed by atoms with E-state index in [4.69, 9.17) is 4.74 Å². The number of para-hydroxylation sites is 1. The van der Waals surface area contributed by atoms with E-state index in [-0.39, 0.29) is 18.7 Å². The smallest absolute Gasteiger partial charge is 0.389 e. The number of nitrogens with zero attached hydrogens (tertiary/aromatic N) is 2. The number of nitrogens with one attached hydrogen (secondary N) is 1. The minimum Gasteiger partial charge on any atom is -0.389 e. The molecule has 4 rings (SSSR count). The lowest BCUT2D eigenvalue weighted by Crippen LogP contribution is -2.48. The molecule has 1 amide bonds. The number of aromatic nitrogens is 2. The normalized spacial score (nSPS) is 19.4. The van der Waals surface area contributed by atoms with Crippen LogP contribution in [-0.2, 0) is 17.3 Å².